The van der Waals surface area contributed by atoms with Gasteiger partial charge in [0, 0.05) is 23.2 Å². The van der Waals surface area contributed by atoms with Gasteiger partial charge in [-0.3, -0.25) is 9.69 Å². The summed E-state index contributed by atoms with van der Waals surface area (Å²) in [5, 5.41) is 3.79. The number of furan rings is 1. The van der Waals surface area contributed by atoms with Crippen molar-refractivity contribution < 1.29 is 13.9 Å². The molecule has 3 aliphatic rings. The molecule has 1 N–H and O–H groups in total. The van der Waals surface area contributed by atoms with Crippen LogP contribution in [0.15, 0.2) is 40.8 Å². The van der Waals surface area contributed by atoms with Crippen LogP contribution in [0.5, 0.6) is 11.7 Å². The quantitative estimate of drug-likeness (QED) is 0.897. The Labute approximate surface area is 151 Å². The van der Waals surface area contributed by atoms with Crippen molar-refractivity contribution in [2.45, 2.75) is 31.8 Å². The van der Waals surface area contributed by atoms with Gasteiger partial charge in [-0.2, -0.15) is 0 Å². The first-order valence-electron chi connectivity index (χ1n) is 8.68. The van der Waals surface area contributed by atoms with Crippen LogP contribution in [-0.4, -0.2) is 36.0 Å². The summed E-state index contributed by atoms with van der Waals surface area (Å²) in [6, 6.07) is 10.8. The van der Waals surface area contributed by atoms with Gasteiger partial charge in [-0.1, -0.05) is 11.6 Å². The molecule has 1 aromatic carbocycles. The molecule has 0 radical (unpaired) electrons. The number of halogens is 1. The minimum atomic E-state index is -0.184. The van der Waals surface area contributed by atoms with Crippen LogP contribution in [0.3, 0.4) is 0 Å². The zero-order chi connectivity index (χ0) is 17.4. The van der Waals surface area contributed by atoms with Crippen molar-refractivity contribution in [2.24, 2.45) is 5.92 Å². The lowest BCUT2D eigenvalue weighted by atomic mass is 9.79. The third-order valence-electron chi connectivity index (χ3n) is 5.31. The van der Waals surface area contributed by atoms with Gasteiger partial charge in [-0.25, -0.2) is 0 Å². The van der Waals surface area contributed by atoms with E-state index in [4.69, 9.17) is 20.8 Å². The number of hydrogen-bond acceptors (Lipinski definition) is 4. The van der Waals surface area contributed by atoms with E-state index in [-0.39, 0.29) is 23.7 Å². The van der Waals surface area contributed by atoms with Crippen molar-refractivity contribution in [3.63, 3.8) is 0 Å². The lowest BCUT2D eigenvalue weighted by molar-refractivity contribution is 0.0210. The molecule has 0 unspecified atom stereocenters. The van der Waals surface area contributed by atoms with Crippen LogP contribution in [0.25, 0.3) is 0 Å². The molecule has 3 aliphatic heterocycles. The van der Waals surface area contributed by atoms with Crippen molar-refractivity contribution in [1.29, 1.82) is 0 Å². The molecule has 3 saturated heterocycles. The van der Waals surface area contributed by atoms with Crippen molar-refractivity contribution in [2.75, 3.05) is 13.1 Å². The minimum Gasteiger partial charge on any atom is -0.426 e. The van der Waals surface area contributed by atoms with Crippen LogP contribution in [0.4, 0.5) is 0 Å². The Morgan fingerprint density at radius 3 is 2.60 bits per heavy atom. The highest BCUT2D eigenvalue weighted by Crippen LogP contribution is 2.32. The second kappa shape index (κ2) is 6.73. The van der Waals surface area contributed by atoms with Crippen LogP contribution in [0, 0.1) is 5.92 Å². The summed E-state index contributed by atoms with van der Waals surface area (Å²) in [6.07, 6.45) is 2.30. The number of fused-ring (bicyclic) bond motifs is 3. The third kappa shape index (κ3) is 3.39. The topological polar surface area (TPSA) is 54.7 Å². The van der Waals surface area contributed by atoms with Gasteiger partial charge in [0.05, 0.1) is 0 Å². The van der Waals surface area contributed by atoms with Gasteiger partial charge in [0.25, 0.3) is 11.9 Å². The maximum Gasteiger partial charge on any atom is 0.290 e. The van der Waals surface area contributed by atoms with Crippen LogP contribution < -0.4 is 10.1 Å². The SMILES string of the molecule is C[C@H]1[C@H](NC(=O)c2ccc(Oc3ccc(Cl)cc3)o2)C2CCN1CC2. The summed E-state index contributed by atoms with van der Waals surface area (Å²) in [5.41, 5.74) is 0. The maximum absolute atomic E-state index is 12.5. The van der Waals surface area contributed by atoms with E-state index in [0.29, 0.717) is 22.7 Å². The Balaban J connectivity index is 1.41. The monoisotopic (exact) mass is 360 g/mol. The molecule has 1 aromatic heterocycles. The van der Waals surface area contributed by atoms with Crippen LogP contribution >= 0.6 is 11.6 Å². The largest absolute Gasteiger partial charge is 0.426 e. The molecule has 2 aromatic rings. The molecule has 6 heteroatoms. The fourth-order valence-electron chi connectivity index (χ4n) is 3.88. The molecule has 4 heterocycles. The summed E-state index contributed by atoms with van der Waals surface area (Å²) in [5.74, 6) is 1.54. The van der Waals surface area contributed by atoms with E-state index in [9.17, 15) is 4.79 Å². The Bertz CT molecular complexity index is 748. The van der Waals surface area contributed by atoms with E-state index in [1.807, 2.05) is 0 Å². The number of benzene rings is 1. The van der Waals surface area contributed by atoms with E-state index < -0.39 is 0 Å². The van der Waals surface area contributed by atoms with E-state index in [2.05, 4.69) is 17.1 Å². The van der Waals surface area contributed by atoms with E-state index in [1.54, 1.807) is 36.4 Å². The van der Waals surface area contributed by atoms with Gasteiger partial charge in [-0.15, -0.1) is 0 Å². The fourth-order valence-corrected chi connectivity index (χ4v) is 4.01. The smallest absolute Gasteiger partial charge is 0.290 e. The molecule has 5 rings (SSSR count). The molecule has 1 amide bonds. The summed E-state index contributed by atoms with van der Waals surface area (Å²) in [7, 11) is 0. The van der Waals surface area contributed by atoms with Gasteiger partial charge in [-0.05, 0) is 69.1 Å². The average molecular weight is 361 g/mol. The predicted molar refractivity (Wildman–Crippen MR) is 95.2 cm³/mol. The first-order valence-corrected chi connectivity index (χ1v) is 9.06. The molecule has 0 saturated carbocycles. The standard InChI is InChI=1S/C19H21ClN2O3/c1-12-18(13-8-10-22(12)11-9-13)21-19(23)16-6-7-17(25-16)24-15-4-2-14(20)3-5-15/h2-7,12-13,18H,8-11H2,1H3,(H,21,23)/t12-,18-/m0/s1. The van der Waals surface area contributed by atoms with Crippen LogP contribution in [0.2, 0.25) is 5.02 Å². The summed E-state index contributed by atoms with van der Waals surface area (Å²) in [6.45, 7) is 4.46. The number of hydrogen-bond donors (Lipinski definition) is 1. The lowest BCUT2D eigenvalue weighted by Gasteiger charge is -2.49. The summed E-state index contributed by atoms with van der Waals surface area (Å²) < 4.78 is 11.2. The highest BCUT2D eigenvalue weighted by molar-refractivity contribution is 6.30. The number of carbonyl (C=O) groups excluding carboxylic acids is 1. The molecular formula is C19H21ClN2O3. The molecule has 3 fully saturated rings. The molecule has 25 heavy (non-hydrogen) atoms. The van der Waals surface area contributed by atoms with E-state index >= 15 is 0 Å². The first-order chi connectivity index (χ1) is 12.1. The lowest BCUT2D eigenvalue weighted by Crippen LogP contribution is -2.62. The Morgan fingerprint density at radius 2 is 1.92 bits per heavy atom. The average Bonchev–Trinajstić information content (AvgIpc) is 3.09. The van der Waals surface area contributed by atoms with Gasteiger partial charge in [0.15, 0.2) is 5.76 Å². The van der Waals surface area contributed by atoms with Gasteiger partial charge >= 0.3 is 0 Å². The van der Waals surface area contributed by atoms with Crippen molar-refractivity contribution in [3.05, 3.63) is 47.2 Å². The Hall–Kier alpha value is -1.98. The van der Waals surface area contributed by atoms with Crippen LogP contribution in [-0.2, 0) is 0 Å². The molecule has 0 spiro atoms. The number of piperidine rings is 3. The minimum absolute atomic E-state index is 0.181. The first kappa shape index (κ1) is 16.5. The van der Waals surface area contributed by atoms with E-state index in [1.165, 1.54) is 0 Å². The number of ether oxygens (including phenoxy) is 1. The Kier molecular flexibility index (Phi) is 4.44. The Morgan fingerprint density at radius 1 is 1.20 bits per heavy atom. The summed E-state index contributed by atoms with van der Waals surface area (Å²) in [4.78, 5) is 15.0. The number of amides is 1. The van der Waals surface area contributed by atoms with Crippen molar-refractivity contribution in [3.8, 4) is 11.7 Å². The van der Waals surface area contributed by atoms with Gasteiger partial charge in [0.1, 0.15) is 5.75 Å². The maximum atomic E-state index is 12.5. The predicted octanol–water partition coefficient (Wildman–Crippen LogP) is 3.94. The number of rotatable bonds is 4. The molecule has 0 aliphatic carbocycles. The second-order valence-corrected chi connectivity index (χ2v) is 7.22. The van der Waals surface area contributed by atoms with E-state index in [0.717, 1.165) is 25.9 Å². The molecule has 132 valence electrons. The molecule has 2 bridgehead atoms. The third-order valence-corrected chi connectivity index (χ3v) is 5.56. The second-order valence-electron chi connectivity index (χ2n) is 6.79. The number of carbonyl (C=O) groups is 1. The van der Waals surface area contributed by atoms with Gasteiger partial charge < -0.3 is 14.5 Å². The zero-order valence-corrected chi connectivity index (χ0v) is 14.8. The zero-order valence-electron chi connectivity index (χ0n) is 14.1. The highest BCUT2D eigenvalue weighted by Gasteiger charge is 2.40. The van der Waals surface area contributed by atoms with Gasteiger partial charge in [0.2, 0.25) is 0 Å². The number of nitrogens with one attached hydrogen (secondary N) is 1. The summed E-state index contributed by atoms with van der Waals surface area (Å²) >= 11 is 5.86. The van der Waals surface area contributed by atoms with Crippen molar-refractivity contribution in [1.82, 2.24) is 10.2 Å². The highest BCUT2D eigenvalue weighted by atomic mass is 35.5. The van der Waals surface area contributed by atoms with Crippen LogP contribution in [0.1, 0.15) is 30.3 Å². The fraction of sp³-hybridized carbons (Fsp3) is 0.421. The van der Waals surface area contributed by atoms with Crippen molar-refractivity contribution >= 4 is 17.5 Å². The molecular weight excluding hydrogens is 340 g/mol. The molecule has 2 atom stereocenters. The normalized spacial score (nSPS) is 27.9. The number of nitrogens with zero attached hydrogens (tertiary/aromatic N) is 1. The molecule has 5 nitrogen and oxygen atoms in total.